The van der Waals surface area contributed by atoms with Crippen molar-refractivity contribution in [2.45, 2.75) is 24.7 Å². The second-order valence-corrected chi connectivity index (χ2v) is 16.1. The first-order valence-electron chi connectivity index (χ1n) is 19.8. The Kier molecular flexibility index (Phi) is 6.61. The van der Waals surface area contributed by atoms with E-state index < -0.39 is 5.41 Å². The Hall–Kier alpha value is -7.10. The third-order valence-corrected chi connectivity index (χ3v) is 12.8. The van der Waals surface area contributed by atoms with Crippen molar-refractivity contribution in [2.24, 2.45) is 0 Å². The van der Waals surface area contributed by atoms with E-state index in [1.54, 1.807) is 0 Å². The lowest BCUT2D eigenvalue weighted by Gasteiger charge is -2.34. The first kappa shape index (κ1) is 32.2. The zero-order valence-corrected chi connectivity index (χ0v) is 31.7. The van der Waals surface area contributed by atoms with E-state index in [0.717, 1.165) is 45.1 Å². The third-order valence-electron chi connectivity index (χ3n) is 12.8. The predicted molar refractivity (Wildman–Crippen MR) is 234 cm³/mol. The van der Waals surface area contributed by atoms with Crippen molar-refractivity contribution >= 4 is 32.6 Å². The molecule has 0 spiro atoms. The van der Waals surface area contributed by atoms with Gasteiger partial charge in [-0.25, -0.2) is 9.97 Å². The molecule has 0 atom stereocenters. The maximum Gasteiger partial charge on any atom is 0.165 e. The topological polar surface area (TPSA) is 30.7 Å². The Balaban J connectivity index is 1.25. The molecule has 2 aromatic heterocycles. The van der Waals surface area contributed by atoms with Gasteiger partial charge in [-0.15, -0.1) is 0 Å². The number of nitrogens with zero attached hydrogens (tertiary/aromatic N) is 3. The lowest BCUT2D eigenvalue weighted by atomic mass is 9.67. The minimum atomic E-state index is -0.532. The molecule has 0 aliphatic heterocycles. The minimum Gasteiger partial charge on any atom is -0.292 e. The molecule has 0 amide bonds. The van der Waals surface area contributed by atoms with E-state index >= 15 is 0 Å². The molecule has 2 aliphatic rings. The van der Waals surface area contributed by atoms with Crippen molar-refractivity contribution in [3.05, 3.63) is 222 Å². The van der Waals surface area contributed by atoms with E-state index in [4.69, 9.17) is 9.97 Å². The molecule has 0 unspecified atom stereocenters. The minimum absolute atomic E-state index is 0.336. The summed E-state index contributed by atoms with van der Waals surface area (Å²) in [6, 6.07) is 68.7. The zero-order valence-electron chi connectivity index (χ0n) is 31.7. The molecular weight excluding hydrogens is 691 g/mol. The van der Waals surface area contributed by atoms with Crippen LogP contribution in [0.3, 0.4) is 0 Å². The van der Waals surface area contributed by atoms with E-state index in [0.29, 0.717) is 0 Å². The lowest BCUT2D eigenvalue weighted by molar-refractivity contribution is 0.635. The van der Waals surface area contributed by atoms with Gasteiger partial charge in [0.25, 0.3) is 0 Å². The van der Waals surface area contributed by atoms with Crippen molar-refractivity contribution in [3.63, 3.8) is 0 Å². The first-order chi connectivity index (χ1) is 28.0. The average molecular weight is 728 g/mol. The molecule has 12 rings (SSSR count). The van der Waals surface area contributed by atoms with E-state index in [9.17, 15) is 0 Å². The Morgan fingerprint density at radius 3 is 1.75 bits per heavy atom. The monoisotopic (exact) mass is 727 g/mol. The van der Waals surface area contributed by atoms with Gasteiger partial charge in [-0.2, -0.15) is 0 Å². The van der Waals surface area contributed by atoms with Crippen molar-refractivity contribution in [1.82, 2.24) is 14.5 Å². The molecule has 3 nitrogen and oxygen atoms in total. The average Bonchev–Trinajstić information content (AvgIpc) is 3.84. The summed E-state index contributed by atoms with van der Waals surface area (Å²) in [6.07, 6.45) is 0. The van der Waals surface area contributed by atoms with Crippen molar-refractivity contribution < 1.29 is 0 Å². The number of hydrogen-bond donors (Lipinski definition) is 0. The standard InChI is InChI=1S/C54H37N3/c1-53(2)43-28-14-12-26-40(43)49-51(53)55-50(52(56-49)57-46-31-16-13-24-38(46)42-32-34-18-9-10-19-35(34)33-47(42)57)41-27-17-30-45-48(41)39-25-11-15-29-44(39)54(45,36-20-5-3-6-21-36)37-22-7-4-8-23-37/h3-33H,1-2H3. The molecule has 0 fully saturated rings. The highest BCUT2D eigenvalue weighted by Crippen LogP contribution is 2.59. The molecule has 10 aromatic rings. The molecule has 2 aliphatic carbocycles. The Morgan fingerprint density at radius 2 is 1.00 bits per heavy atom. The Labute approximate surface area is 331 Å². The van der Waals surface area contributed by atoms with Crippen LogP contribution in [0.1, 0.15) is 47.4 Å². The van der Waals surface area contributed by atoms with Gasteiger partial charge < -0.3 is 0 Å². The molecule has 0 saturated heterocycles. The molecular formula is C54H37N3. The largest absolute Gasteiger partial charge is 0.292 e. The SMILES string of the molecule is CC1(C)c2ccccc2-c2nc(-n3c4ccccc4c4cc5ccccc5cc43)c(-c3cccc4c3-c3ccccc3C4(c3ccccc3)c3ccccc3)nc21. The molecule has 57 heavy (non-hydrogen) atoms. The summed E-state index contributed by atoms with van der Waals surface area (Å²) in [7, 11) is 0. The molecule has 2 heterocycles. The molecule has 8 aromatic carbocycles. The van der Waals surface area contributed by atoms with Crippen molar-refractivity contribution in [3.8, 4) is 39.5 Å². The van der Waals surface area contributed by atoms with E-state index in [-0.39, 0.29) is 5.41 Å². The number of fused-ring (bicyclic) bond motifs is 10. The first-order valence-corrected chi connectivity index (χ1v) is 19.8. The zero-order chi connectivity index (χ0) is 37.9. The van der Waals surface area contributed by atoms with Crippen molar-refractivity contribution in [1.29, 1.82) is 0 Å². The normalized spacial score (nSPS) is 14.4. The number of rotatable bonds is 4. The van der Waals surface area contributed by atoms with Gasteiger partial charge in [0, 0.05) is 27.3 Å². The fourth-order valence-electron chi connectivity index (χ4n) is 10.3. The highest BCUT2D eigenvalue weighted by molar-refractivity contribution is 6.14. The van der Waals surface area contributed by atoms with Crippen LogP contribution in [0.15, 0.2) is 188 Å². The van der Waals surface area contributed by atoms with Gasteiger partial charge in [-0.05, 0) is 67.9 Å². The summed E-state index contributed by atoms with van der Waals surface area (Å²) in [4.78, 5) is 11.7. The molecule has 0 bridgehead atoms. The second-order valence-electron chi connectivity index (χ2n) is 16.1. The summed E-state index contributed by atoms with van der Waals surface area (Å²) < 4.78 is 2.38. The fraction of sp³-hybridized carbons (Fsp3) is 0.0741. The van der Waals surface area contributed by atoms with E-state index in [1.807, 2.05) is 0 Å². The highest BCUT2D eigenvalue weighted by atomic mass is 15.1. The number of hydrogen-bond acceptors (Lipinski definition) is 2. The Morgan fingerprint density at radius 1 is 0.421 bits per heavy atom. The molecule has 3 heteroatoms. The summed E-state index contributed by atoms with van der Waals surface area (Å²) >= 11 is 0. The lowest BCUT2D eigenvalue weighted by Crippen LogP contribution is -2.28. The van der Waals surface area contributed by atoms with Gasteiger partial charge in [0.15, 0.2) is 5.82 Å². The maximum atomic E-state index is 5.88. The van der Waals surface area contributed by atoms with Crippen LogP contribution in [-0.2, 0) is 10.8 Å². The van der Waals surface area contributed by atoms with Crippen LogP contribution in [0, 0.1) is 0 Å². The number of benzene rings is 8. The van der Waals surface area contributed by atoms with Crippen LogP contribution in [0.25, 0.3) is 72.0 Å². The van der Waals surface area contributed by atoms with Crippen LogP contribution >= 0.6 is 0 Å². The van der Waals surface area contributed by atoms with Crippen LogP contribution < -0.4 is 0 Å². The number of aromatic nitrogens is 3. The third kappa shape index (κ3) is 4.26. The molecule has 0 N–H and O–H groups in total. The van der Waals surface area contributed by atoms with Crippen LogP contribution in [0.2, 0.25) is 0 Å². The fourth-order valence-corrected chi connectivity index (χ4v) is 10.3. The van der Waals surface area contributed by atoms with Gasteiger partial charge in [0.1, 0.15) is 5.69 Å². The molecule has 0 saturated carbocycles. The van der Waals surface area contributed by atoms with Crippen LogP contribution in [0.4, 0.5) is 0 Å². The quantitative estimate of drug-likeness (QED) is 0.181. The highest BCUT2D eigenvalue weighted by Gasteiger charge is 2.47. The summed E-state index contributed by atoms with van der Waals surface area (Å²) in [5.41, 5.74) is 15.1. The summed E-state index contributed by atoms with van der Waals surface area (Å²) in [5, 5.41) is 4.82. The van der Waals surface area contributed by atoms with Gasteiger partial charge in [-0.3, -0.25) is 4.57 Å². The van der Waals surface area contributed by atoms with Crippen molar-refractivity contribution in [2.75, 3.05) is 0 Å². The smallest absolute Gasteiger partial charge is 0.165 e. The van der Waals surface area contributed by atoms with E-state index in [2.05, 4.69) is 206 Å². The predicted octanol–water partition coefficient (Wildman–Crippen LogP) is 13.1. The van der Waals surface area contributed by atoms with Gasteiger partial charge in [0.2, 0.25) is 0 Å². The second kappa shape index (κ2) is 11.7. The maximum absolute atomic E-state index is 5.88. The van der Waals surface area contributed by atoms with Gasteiger partial charge >= 0.3 is 0 Å². The van der Waals surface area contributed by atoms with E-state index in [1.165, 1.54) is 60.5 Å². The molecule has 268 valence electrons. The van der Waals surface area contributed by atoms with Gasteiger partial charge in [0.05, 0.1) is 27.8 Å². The van der Waals surface area contributed by atoms with Gasteiger partial charge in [-0.1, -0.05) is 184 Å². The van der Waals surface area contributed by atoms with Crippen LogP contribution in [-0.4, -0.2) is 14.5 Å². The summed E-state index contributed by atoms with van der Waals surface area (Å²) in [6.45, 7) is 4.59. The van der Waals surface area contributed by atoms with Crippen LogP contribution in [0.5, 0.6) is 0 Å². The summed E-state index contributed by atoms with van der Waals surface area (Å²) in [5.74, 6) is 0.838. The number of para-hydroxylation sites is 1. The molecule has 0 radical (unpaired) electrons. The Bertz CT molecular complexity index is 3220.